The van der Waals surface area contributed by atoms with Gasteiger partial charge < -0.3 is 14.8 Å². The lowest BCUT2D eigenvalue weighted by molar-refractivity contribution is -0.149. The first kappa shape index (κ1) is 25.1. The zero-order chi connectivity index (χ0) is 24.3. The number of carbonyl (C=O) groups excluding carboxylic acids is 4. The second-order valence-electron chi connectivity index (χ2n) is 9.52. The number of amides is 2. The van der Waals surface area contributed by atoms with Gasteiger partial charge in [0.25, 0.3) is 5.91 Å². The molecule has 2 amide bonds. The molecule has 0 fully saturated rings. The van der Waals surface area contributed by atoms with E-state index >= 15 is 0 Å². The Bertz CT molecular complexity index is 938. The van der Waals surface area contributed by atoms with Crippen LogP contribution in [0.1, 0.15) is 66.6 Å². The molecule has 0 spiro atoms. The molecule has 1 aromatic rings. The Balaban J connectivity index is 2.70. The third-order valence-corrected chi connectivity index (χ3v) is 4.28. The molecule has 2 rings (SSSR count). The van der Waals surface area contributed by atoms with Gasteiger partial charge in [-0.25, -0.2) is 9.59 Å². The van der Waals surface area contributed by atoms with Gasteiger partial charge in [0.1, 0.15) is 17.6 Å². The maximum Gasteiger partial charge on any atom is 0.408 e. The molecule has 9 heteroatoms. The predicted octanol–water partition coefficient (Wildman–Crippen LogP) is 3.41. The molecule has 2 atom stereocenters. The lowest BCUT2D eigenvalue weighted by Crippen LogP contribution is -2.60. The van der Waals surface area contributed by atoms with Crippen LogP contribution < -0.4 is 10.4 Å². The van der Waals surface area contributed by atoms with Crippen LogP contribution >= 0.6 is 0 Å². The van der Waals surface area contributed by atoms with E-state index in [0.29, 0.717) is 11.3 Å². The number of nitrogens with zero attached hydrogens (tertiary/aromatic N) is 1. The fraction of sp³-hybridized carbons (Fsp3) is 0.522. The highest BCUT2D eigenvalue weighted by atomic mass is 16.7. The van der Waals surface area contributed by atoms with Gasteiger partial charge in [0, 0.05) is 25.0 Å². The summed E-state index contributed by atoms with van der Waals surface area (Å²) >= 11 is 0. The van der Waals surface area contributed by atoms with Gasteiger partial charge in [-0.2, -0.15) is 5.06 Å². The number of anilines is 1. The van der Waals surface area contributed by atoms with E-state index in [4.69, 9.17) is 14.3 Å². The number of esters is 1. The number of hydroxylamine groups is 1. The minimum atomic E-state index is -1.95. The third kappa shape index (κ3) is 6.18. The van der Waals surface area contributed by atoms with Crippen molar-refractivity contribution in [3.05, 3.63) is 35.9 Å². The van der Waals surface area contributed by atoms with Crippen LogP contribution in [0.4, 0.5) is 10.5 Å². The van der Waals surface area contributed by atoms with Gasteiger partial charge in [-0.3, -0.25) is 14.4 Å². The van der Waals surface area contributed by atoms with Crippen molar-refractivity contribution in [3.8, 4) is 0 Å². The highest BCUT2D eigenvalue weighted by molar-refractivity contribution is 6.04. The van der Waals surface area contributed by atoms with Crippen molar-refractivity contribution in [1.82, 2.24) is 5.32 Å². The van der Waals surface area contributed by atoms with E-state index in [-0.39, 0.29) is 6.42 Å². The van der Waals surface area contributed by atoms with Gasteiger partial charge in [-0.15, -0.1) is 0 Å². The maximum atomic E-state index is 13.8. The highest BCUT2D eigenvalue weighted by Gasteiger charge is 2.50. The van der Waals surface area contributed by atoms with Crippen molar-refractivity contribution in [2.45, 2.75) is 77.7 Å². The SMILES string of the molecule is CC(=O)OC1C[C@@](C=C=O)(NC(=O)OC(C)(C)C)C(=O)N(OC(C)(C)C)c2ccccc21. The summed E-state index contributed by atoms with van der Waals surface area (Å²) in [6.45, 7) is 11.5. The van der Waals surface area contributed by atoms with Crippen LogP contribution in [-0.4, -0.2) is 40.7 Å². The smallest absolute Gasteiger partial charge is 0.408 e. The van der Waals surface area contributed by atoms with E-state index in [9.17, 15) is 19.2 Å². The molecule has 1 heterocycles. The summed E-state index contributed by atoms with van der Waals surface area (Å²) in [6.07, 6.45) is -1.27. The number of ether oxygens (including phenoxy) is 2. The Hall–Kier alpha value is -3.16. The second kappa shape index (κ2) is 9.14. The van der Waals surface area contributed by atoms with Gasteiger partial charge in [0.2, 0.25) is 0 Å². The summed E-state index contributed by atoms with van der Waals surface area (Å²) in [5.74, 6) is 0.246. The van der Waals surface area contributed by atoms with Gasteiger partial charge in [-0.1, -0.05) is 18.2 Å². The van der Waals surface area contributed by atoms with E-state index < -0.39 is 40.8 Å². The Kier molecular flexibility index (Phi) is 7.17. The maximum absolute atomic E-state index is 13.8. The molecule has 1 aliphatic heterocycles. The van der Waals surface area contributed by atoms with Crippen molar-refractivity contribution in [3.63, 3.8) is 0 Å². The van der Waals surface area contributed by atoms with Crippen LogP contribution in [-0.2, 0) is 28.7 Å². The first-order valence-electron chi connectivity index (χ1n) is 10.2. The van der Waals surface area contributed by atoms with Gasteiger partial charge in [0.05, 0.1) is 11.3 Å². The molecule has 0 bridgehead atoms. The zero-order valence-electron chi connectivity index (χ0n) is 19.5. The molecule has 0 aromatic heterocycles. The van der Waals surface area contributed by atoms with E-state index in [1.165, 1.54) is 6.92 Å². The zero-order valence-corrected chi connectivity index (χ0v) is 19.5. The summed E-state index contributed by atoms with van der Waals surface area (Å²) in [5.41, 5.74) is -2.82. The molecule has 1 N–H and O–H groups in total. The van der Waals surface area contributed by atoms with Crippen LogP contribution in [0.5, 0.6) is 0 Å². The van der Waals surface area contributed by atoms with Crippen molar-refractivity contribution < 1.29 is 33.5 Å². The van der Waals surface area contributed by atoms with E-state index in [1.54, 1.807) is 71.7 Å². The molecular formula is C23H30N2O7. The number of para-hydroxylation sites is 1. The van der Waals surface area contributed by atoms with Gasteiger partial charge in [0.15, 0.2) is 5.54 Å². The van der Waals surface area contributed by atoms with Gasteiger partial charge >= 0.3 is 12.1 Å². The molecule has 0 saturated carbocycles. The number of benzene rings is 1. The van der Waals surface area contributed by atoms with Crippen molar-refractivity contribution >= 4 is 29.6 Å². The predicted molar refractivity (Wildman–Crippen MR) is 116 cm³/mol. The Morgan fingerprint density at radius 1 is 1.16 bits per heavy atom. The summed E-state index contributed by atoms with van der Waals surface area (Å²) < 4.78 is 10.8. The average molecular weight is 447 g/mol. The molecule has 0 radical (unpaired) electrons. The number of rotatable bonds is 4. The largest absolute Gasteiger partial charge is 0.457 e. The van der Waals surface area contributed by atoms with Crippen molar-refractivity contribution in [2.24, 2.45) is 0 Å². The topological polar surface area (TPSA) is 111 Å². The van der Waals surface area contributed by atoms with Crippen LogP contribution in [0.25, 0.3) is 0 Å². The Morgan fingerprint density at radius 3 is 2.31 bits per heavy atom. The lowest BCUT2D eigenvalue weighted by Gasteiger charge is -2.35. The van der Waals surface area contributed by atoms with E-state index in [0.717, 1.165) is 11.1 Å². The highest BCUT2D eigenvalue weighted by Crippen LogP contribution is 2.41. The van der Waals surface area contributed by atoms with Crippen LogP contribution in [0, 0.1) is 0 Å². The minimum absolute atomic E-state index is 0.263. The average Bonchev–Trinajstić information content (AvgIpc) is 2.69. The van der Waals surface area contributed by atoms with Crippen LogP contribution in [0.15, 0.2) is 30.3 Å². The fourth-order valence-corrected chi connectivity index (χ4v) is 3.24. The summed E-state index contributed by atoms with van der Waals surface area (Å²) in [5, 5.41) is 3.51. The number of fused-ring (bicyclic) bond motifs is 1. The minimum Gasteiger partial charge on any atom is -0.457 e. The summed E-state index contributed by atoms with van der Waals surface area (Å²) in [4.78, 5) is 55.8. The first-order valence-corrected chi connectivity index (χ1v) is 10.2. The molecule has 174 valence electrons. The number of alkyl carbamates (subject to hydrolysis) is 1. The van der Waals surface area contributed by atoms with Crippen LogP contribution in [0.3, 0.4) is 0 Å². The number of nitrogens with one attached hydrogen (secondary N) is 1. The molecule has 1 aliphatic rings. The van der Waals surface area contributed by atoms with Crippen molar-refractivity contribution in [2.75, 3.05) is 5.06 Å². The molecule has 0 aliphatic carbocycles. The number of hydrogen-bond donors (Lipinski definition) is 1. The van der Waals surface area contributed by atoms with Gasteiger partial charge in [-0.05, 0) is 47.6 Å². The summed E-state index contributed by atoms with van der Waals surface area (Å²) in [7, 11) is 0. The standard InChI is InChI=1S/C23H30N2O7/c1-15(27)30-18-14-23(12-13-26,24-20(29)31-21(2,3)4)19(28)25(32-22(5,6)7)17-11-9-8-10-16(17)18/h8-12,18H,14H2,1-7H3,(H,24,29)/t18?,23-/m1/s1. The van der Waals surface area contributed by atoms with Crippen LogP contribution in [0.2, 0.25) is 0 Å². The van der Waals surface area contributed by atoms with E-state index in [2.05, 4.69) is 5.32 Å². The molecule has 0 saturated heterocycles. The molecule has 1 unspecified atom stereocenters. The monoisotopic (exact) mass is 446 g/mol. The molecule has 32 heavy (non-hydrogen) atoms. The lowest BCUT2D eigenvalue weighted by atomic mass is 9.89. The molecule has 9 nitrogen and oxygen atoms in total. The number of hydrogen-bond acceptors (Lipinski definition) is 7. The molecule has 1 aromatic carbocycles. The summed E-state index contributed by atoms with van der Waals surface area (Å²) in [6, 6.07) is 6.73. The fourth-order valence-electron chi connectivity index (χ4n) is 3.24. The van der Waals surface area contributed by atoms with Crippen molar-refractivity contribution in [1.29, 1.82) is 0 Å². The quantitative estimate of drug-likeness (QED) is 0.557. The Morgan fingerprint density at radius 2 is 1.78 bits per heavy atom. The third-order valence-electron chi connectivity index (χ3n) is 4.28. The second-order valence-corrected chi connectivity index (χ2v) is 9.52. The normalized spacial score (nSPS) is 21.0. The number of carbonyl (C=O) groups is 3. The van der Waals surface area contributed by atoms with E-state index in [1.807, 2.05) is 0 Å². The Labute approximate surface area is 187 Å². The first-order chi connectivity index (χ1) is 14.7. The molecular weight excluding hydrogens is 416 g/mol.